The van der Waals surface area contributed by atoms with Gasteiger partial charge in [-0.25, -0.2) is 0 Å². The Morgan fingerprint density at radius 2 is 2.00 bits per heavy atom. The molecule has 108 valence electrons. The Morgan fingerprint density at radius 3 is 2.50 bits per heavy atom. The Kier molecular flexibility index (Phi) is 4.19. The Balaban J connectivity index is 2.23. The smallest absolute Gasteiger partial charge is 0.321 e. The van der Waals surface area contributed by atoms with Gasteiger partial charge >= 0.3 is 6.18 Å². The van der Waals surface area contributed by atoms with E-state index in [1.54, 1.807) is 6.92 Å². The van der Waals surface area contributed by atoms with Gasteiger partial charge in [-0.15, -0.1) is 0 Å². The molecular formula is C13H12BrF3N2O. The fourth-order valence-corrected chi connectivity index (χ4v) is 2.03. The standard InChI is InChI=1S/C13H12BrF3N2O/c1-7(8-5-18-6-8)12(20)19-11-4-9(13(15,16)17)2-3-10(11)14/h2-4,18H,5-6H2,1H3,(H,19,20). The number of benzene rings is 1. The molecule has 0 spiro atoms. The van der Waals surface area contributed by atoms with E-state index >= 15 is 0 Å². The van der Waals surface area contributed by atoms with Crippen LogP contribution in [0.1, 0.15) is 12.5 Å². The summed E-state index contributed by atoms with van der Waals surface area (Å²) in [5.41, 5.74) is 0.808. The quantitative estimate of drug-likeness (QED) is 0.805. The van der Waals surface area contributed by atoms with Crippen molar-refractivity contribution in [1.82, 2.24) is 5.32 Å². The average Bonchev–Trinajstić information content (AvgIpc) is 2.28. The zero-order valence-electron chi connectivity index (χ0n) is 10.6. The first-order chi connectivity index (χ1) is 9.29. The molecule has 7 heteroatoms. The SMILES string of the molecule is CC(C(=O)Nc1cc(C(F)(F)F)ccc1Br)=C1CNC1. The predicted octanol–water partition coefficient (Wildman–Crippen LogP) is 3.33. The lowest BCUT2D eigenvalue weighted by Crippen LogP contribution is -2.36. The number of anilines is 1. The maximum absolute atomic E-state index is 12.6. The van der Waals surface area contributed by atoms with Crippen molar-refractivity contribution in [3.63, 3.8) is 0 Å². The number of amides is 1. The van der Waals surface area contributed by atoms with Crippen molar-refractivity contribution in [1.29, 1.82) is 0 Å². The fourth-order valence-electron chi connectivity index (χ4n) is 1.69. The van der Waals surface area contributed by atoms with Crippen LogP contribution in [0.25, 0.3) is 0 Å². The molecule has 1 saturated heterocycles. The van der Waals surface area contributed by atoms with E-state index in [0.717, 1.165) is 17.7 Å². The number of hydrogen-bond donors (Lipinski definition) is 2. The van der Waals surface area contributed by atoms with Crippen LogP contribution in [0.15, 0.2) is 33.8 Å². The van der Waals surface area contributed by atoms with Crippen LogP contribution in [-0.4, -0.2) is 19.0 Å². The molecule has 2 N–H and O–H groups in total. The van der Waals surface area contributed by atoms with Gasteiger partial charge in [-0.05, 0) is 46.6 Å². The zero-order valence-corrected chi connectivity index (χ0v) is 12.2. The highest BCUT2D eigenvalue weighted by atomic mass is 79.9. The van der Waals surface area contributed by atoms with Crippen LogP contribution in [0.4, 0.5) is 18.9 Å². The van der Waals surface area contributed by atoms with Crippen molar-refractivity contribution in [2.75, 3.05) is 18.4 Å². The van der Waals surface area contributed by atoms with Crippen LogP contribution in [0.3, 0.4) is 0 Å². The molecule has 3 nitrogen and oxygen atoms in total. The molecule has 1 aromatic carbocycles. The molecule has 20 heavy (non-hydrogen) atoms. The summed E-state index contributed by atoms with van der Waals surface area (Å²) in [5.74, 6) is -0.387. The van der Waals surface area contributed by atoms with Gasteiger partial charge in [-0.1, -0.05) is 0 Å². The van der Waals surface area contributed by atoms with E-state index < -0.39 is 11.7 Å². The maximum atomic E-state index is 12.6. The summed E-state index contributed by atoms with van der Waals surface area (Å²) >= 11 is 3.13. The number of carbonyl (C=O) groups excluding carboxylic acids is 1. The van der Waals surface area contributed by atoms with Crippen LogP contribution < -0.4 is 10.6 Å². The molecule has 1 amide bonds. The van der Waals surface area contributed by atoms with Crippen molar-refractivity contribution in [2.45, 2.75) is 13.1 Å². The van der Waals surface area contributed by atoms with Crippen LogP contribution in [-0.2, 0) is 11.0 Å². The van der Waals surface area contributed by atoms with Gasteiger partial charge in [-0.3, -0.25) is 4.79 Å². The lowest BCUT2D eigenvalue weighted by atomic mass is 10.0. The minimum Gasteiger partial charge on any atom is -0.321 e. The van der Waals surface area contributed by atoms with Crippen molar-refractivity contribution >= 4 is 27.5 Å². The predicted molar refractivity (Wildman–Crippen MR) is 73.3 cm³/mol. The van der Waals surface area contributed by atoms with E-state index in [1.165, 1.54) is 6.07 Å². The van der Waals surface area contributed by atoms with Crippen LogP contribution in [0, 0.1) is 0 Å². The van der Waals surface area contributed by atoms with Crippen LogP contribution in [0.2, 0.25) is 0 Å². The highest BCUT2D eigenvalue weighted by Gasteiger charge is 2.31. The van der Waals surface area contributed by atoms with Crippen molar-refractivity contribution in [2.24, 2.45) is 0 Å². The molecule has 0 bridgehead atoms. The summed E-state index contributed by atoms with van der Waals surface area (Å²) in [5, 5.41) is 5.51. The highest BCUT2D eigenvalue weighted by molar-refractivity contribution is 9.10. The van der Waals surface area contributed by atoms with E-state index in [0.29, 0.717) is 23.1 Å². The Morgan fingerprint density at radius 1 is 1.35 bits per heavy atom. The molecule has 2 rings (SSSR count). The molecule has 1 heterocycles. The largest absolute Gasteiger partial charge is 0.416 e. The second-order valence-corrected chi connectivity index (χ2v) is 5.33. The first-order valence-electron chi connectivity index (χ1n) is 5.86. The fraction of sp³-hybridized carbons (Fsp3) is 0.308. The van der Waals surface area contributed by atoms with E-state index in [9.17, 15) is 18.0 Å². The first-order valence-corrected chi connectivity index (χ1v) is 6.66. The topological polar surface area (TPSA) is 41.1 Å². The lowest BCUT2D eigenvalue weighted by molar-refractivity contribution is -0.137. The third-order valence-corrected chi connectivity index (χ3v) is 3.78. The van der Waals surface area contributed by atoms with E-state index in [4.69, 9.17) is 0 Å². The minimum atomic E-state index is -4.44. The summed E-state index contributed by atoms with van der Waals surface area (Å²) < 4.78 is 38.3. The maximum Gasteiger partial charge on any atom is 0.416 e. The van der Waals surface area contributed by atoms with Gasteiger partial charge in [-0.2, -0.15) is 13.2 Å². The van der Waals surface area contributed by atoms with Gasteiger partial charge in [0.25, 0.3) is 5.91 Å². The number of rotatable bonds is 2. The summed E-state index contributed by atoms with van der Waals surface area (Å²) in [4.78, 5) is 12.0. The normalized spacial score (nSPS) is 14.8. The first kappa shape index (κ1) is 15.1. The molecule has 0 radical (unpaired) electrons. The van der Waals surface area contributed by atoms with E-state index in [-0.39, 0.29) is 11.6 Å². The molecule has 1 aromatic rings. The average molecular weight is 349 g/mol. The molecular weight excluding hydrogens is 337 g/mol. The highest BCUT2D eigenvalue weighted by Crippen LogP contribution is 2.34. The zero-order chi connectivity index (χ0) is 14.9. The monoisotopic (exact) mass is 348 g/mol. The van der Waals surface area contributed by atoms with Gasteiger partial charge < -0.3 is 10.6 Å². The van der Waals surface area contributed by atoms with Crippen molar-refractivity contribution < 1.29 is 18.0 Å². The lowest BCUT2D eigenvalue weighted by Gasteiger charge is -2.21. The Bertz CT molecular complexity index is 575. The third-order valence-electron chi connectivity index (χ3n) is 3.09. The summed E-state index contributed by atoms with van der Waals surface area (Å²) in [6.45, 7) is 2.94. The summed E-state index contributed by atoms with van der Waals surface area (Å²) in [6.07, 6.45) is -4.44. The van der Waals surface area contributed by atoms with Gasteiger partial charge in [0.1, 0.15) is 0 Å². The van der Waals surface area contributed by atoms with E-state index in [1.807, 2.05) is 0 Å². The van der Waals surface area contributed by atoms with Gasteiger partial charge in [0.05, 0.1) is 11.3 Å². The number of carbonyl (C=O) groups is 1. The molecule has 0 aromatic heterocycles. The van der Waals surface area contributed by atoms with Gasteiger partial charge in [0.15, 0.2) is 0 Å². The van der Waals surface area contributed by atoms with Crippen LogP contribution in [0.5, 0.6) is 0 Å². The second-order valence-electron chi connectivity index (χ2n) is 4.48. The molecule has 1 fully saturated rings. The Hall–Kier alpha value is -1.34. The third kappa shape index (κ3) is 3.21. The van der Waals surface area contributed by atoms with E-state index in [2.05, 4.69) is 26.6 Å². The van der Waals surface area contributed by atoms with Gasteiger partial charge in [0, 0.05) is 23.1 Å². The molecule has 0 saturated carbocycles. The number of alkyl halides is 3. The van der Waals surface area contributed by atoms with Crippen molar-refractivity contribution in [3.8, 4) is 0 Å². The molecule has 0 aliphatic carbocycles. The summed E-state index contributed by atoms with van der Waals surface area (Å²) in [6, 6.07) is 3.14. The van der Waals surface area contributed by atoms with Gasteiger partial charge in [0.2, 0.25) is 0 Å². The summed E-state index contributed by atoms with van der Waals surface area (Å²) in [7, 11) is 0. The number of halogens is 4. The molecule has 1 aliphatic rings. The second kappa shape index (κ2) is 5.57. The van der Waals surface area contributed by atoms with Crippen molar-refractivity contribution in [3.05, 3.63) is 39.4 Å². The van der Waals surface area contributed by atoms with Crippen LogP contribution >= 0.6 is 15.9 Å². The minimum absolute atomic E-state index is 0.108. The number of nitrogens with one attached hydrogen (secondary N) is 2. The molecule has 1 aliphatic heterocycles. The molecule has 0 unspecified atom stereocenters. The number of hydrogen-bond acceptors (Lipinski definition) is 2. The Labute approximate surface area is 122 Å². The molecule has 0 atom stereocenters.